The van der Waals surface area contributed by atoms with Gasteiger partial charge in [0.2, 0.25) is 0 Å². The average Bonchev–Trinajstić information content (AvgIpc) is 2.81. The van der Waals surface area contributed by atoms with E-state index >= 15 is 0 Å². The first-order valence-electron chi connectivity index (χ1n) is 10.4. The number of esters is 2. The Balaban J connectivity index is 1.76. The molecule has 0 spiro atoms. The van der Waals surface area contributed by atoms with E-state index in [0.29, 0.717) is 19.5 Å². The van der Waals surface area contributed by atoms with E-state index < -0.39 is 17.5 Å². The molecule has 0 amide bonds. The molecule has 0 N–H and O–H groups in total. The number of rotatable bonds is 4. The molecule has 2 heterocycles. The molecule has 2 atom stereocenters. The van der Waals surface area contributed by atoms with Crippen molar-refractivity contribution < 1.29 is 14.3 Å². The molecule has 0 unspecified atom stereocenters. The Morgan fingerprint density at radius 1 is 0.633 bits per heavy atom. The van der Waals surface area contributed by atoms with E-state index in [4.69, 9.17) is 4.74 Å². The van der Waals surface area contributed by atoms with Crippen molar-refractivity contribution in [1.29, 1.82) is 0 Å². The standard InChI is InChI=1S/C26H23NO3/c28-24-19-16-20(25(29)30-24)18-27(17-19)26(21-10-4-1-5-11-21,22-12-6-2-7-13-22)23-14-8-3-9-15-23/h1-15,19-20H,16-18H2/t19-,20-/m0/s1. The Kier molecular flexibility index (Phi) is 4.72. The van der Waals surface area contributed by atoms with Crippen molar-refractivity contribution in [1.82, 2.24) is 4.90 Å². The molecule has 4 heteroatoms. The van der Waals surface area contributed by atoms with Crippen LogP contribution in [0.1, 0.15) is 23.1 Å². The summed E-state index contributed by atoms with van der Waals surface area (Å²) in [5.41, 5.74) is 2.73. The van der Waals surface area contributed by atoms with Gasteiger partial charge >= 0.3 is 11.9 Å². The minimum atomic E-state index is -0.612. The fraction of sp³-hybridized carbons (Fsp3) is 0.231. The van der Waals surface area contributed by atoms with Gasteiger partial charge in [-0.25, -0.2) is 0 Å². The quantitative estimate of drug-likeness (QED) is 0.379. The van der Waals surface area contributed by atoms with Gasteiger partial charge in [-0.15, -0.1) is 0 Å². The van der Waals surface area contributed by atoms with Crippen molar-refractivity contribution in [2.75, 3.05) is 13.1 Å². The molecular weight excluding hydrogens is 374 g/mol. The van der Waals surface area contributed by atoms with Crippen LogP contribution in [-0.2, 0) is 19.9 Å². The maximum absolute atomic E-state index is 12.4. The van der Waals surface area contributed by atoms with Gasteiger partial charge in [-0.1, -0.05) is 91.0 Å². The molecule has 5 rings (SSSR count). The zero-order valence-electron chi connectivity index (χ0n) is 16.6. The molecule has 30 heavy (non-hydrogen) atoms. The summed E-state index contributed by atoms with van der Waals surface area (Å²) in [5, 5.41) is 0. The summed E-state index contributed by atoms with van der Waals surface area (Å²) in [6.45, 7) is 1.09. The zero-order valence-corrected chi connectivity index (χ0v) is 16.6. The summed E-state index contributed by atoms with van der Waals surface area (Å²) in [5.74, 6) is -1.39. The molecule has 2 aliphatic rings. The Labute approximate surface area is 176 Å². The molecule has 0 radical (unpaired) electrons. The maximum atomic E-state index is 12.4. The number of nitrogens with zero attached hydrogens (tertiary/aromatic N) is 1. The van der Waals surface area contributed by atoms with E-state index in [9.17, 15) is 9.59 Å². The summed E-state index contributed by atoms with van der Waals surface area (Å²) in [6.07, 6.45) is 0.572. The number of likely N-dealkylation sites (tertiary alicyclic amines) is 1. The van der Waals surface area contributed by atoms with Gasteiger partial charge in [0.05, 0.1) is 17.4 Å². The largest absolute Gasteiger partial charge is 0.393 e. The Hall–Kier alpha value is -3.24. The third kappa shape index (κ3) is 2.96. The topological polar surface area (TPSA) is 46.6 Å². The number of carbonyl (C=O) groups excluding carboxylic acids is 2. The molecule has 2 fully saturated rings. The molecule has 0 aliphatic carbocycles. The number of hydrogen-bond acceptors (Lipinski definition) is 4. The number of ether oxygens (including phenoxy) is 1. The van der Waals surface area contributed by atoms with Crippen LogP contribution in [0.4, 0.5) is 0 Å². The summed E-state index contributed by atoms with van der Waals surface area (Å²) in [4.78, 5) is 27.2. The number of cyclic esters (lactones) is 2. The lowest BCUT2D eigenvalue weighted by Gasteiger charge is -2.50. The van der Waals surface area contributed by atoms with E-state index in [1.54, 1.807) is 0 Å². The zero-order chi connectivity index (χ0) is 20.6. The van der Waals surface area contributed by atoms with Gasteiger partial charge in [-0.3, -0.25) is 14.5 Å². The number of carbonyl (C=O) groups is 2. The number of hydrogen-bond donors (Lipinski definition) is 0. The van der Waals surface area contributed by atoms with E-state index in [0.717, 1.165) is 16.7 Å². The van der Waals surface area contributed by atoms with Gasteiger partial charge in [-0.05, 0) is 23.1 Å². The fourth-order valence-corrected chi connectivity index (χ4v) is 5.07. The first-order valence-corrected chi connectivity index (χ1v) is 10.4. The summed E-state index contributed by atoms with van der Waals surface area (Å²) in [6, 6.07) is 31.1. The second-order valence-electron chi connectivity index (χ2n) is 8.08. The van der Waals surface area contributed by atoms with Crippen LogP contribution in [0, 0.1) is 11.8 Å². The third-order valence-corrected chi connectivity index (χ3v) is 6.37. The second kappa shape index (κ2) is 7.54. The SMILES string of the molecule is O=C1OC(=O)[C@H]2C[C@H]1CN(C(c1ccccc1)(c1ccccc1)c1ccccc1)C2. The number of benzene rings is 3. The van der Waals surface area contributed by atoms with E-state index in [-0.39, 0.29) is 11.8 Å². The van der Waals surface area contributed by atoms with Crippen molar-refractivity contribution in [3.8, 4) is 0 Å². The van der Waals surface area contributed by atoms with E-state index in [1.807, 2.05) is 54.6 Å². The minimum absolute atomic E-state index is 0.294. The number of fused-ring (bicyclic) bond motifs is 2. The van der Waals surface area contributed by atoms with Crippen molar-refractivity contribution in [2.45, 2.75) is 12.0 Å². The molecule has 4 nitrogen and oxygen atoms in total. The molecule has 150 valence electrons. The van der Waals surface area contributed by atoms with Crippen molar-refractivity contribution in [3.05, 3.63) is 108 Å². The van der Waals surface area contributed by atoms with Gasteiger partial charge in [0.15, 0.2) is 0 Å². The van der Waals surface area contributed by atoms with Gasteiger partial charge in [0, 0.05) is 13.1 Å². The predicted molar refractivity (Wildman–Crippen MR) is 113 cm³/mol. The van der Waals surface area contributed by atoms with Gasteiger partial charge in [-0.2, -0.15) is 0 Å². The smallest absolute Gasteiger partial charge is 0.317 e. The van der Waals surface area contributed by atoms with Crippen molar-refractivity contribution in [3.63, 3.8) is 0 Å². The Morgan fingerprint density at radius 2 is 1.00 bits per heavy atom. The third-order valence-electron chi connectivity index (χ3n) is 6.37. The maximum Gasteiger partial charge on any atom is 0.317 e. The van der Waals surface area contributed by atoms with Gasteiger partial charge < -0.3 is 4.74 Å². The van der Waals surface area contributed by atoms with Crippen LogP contribution in [-0.4, -0.2) is 29.9 Å². The highest BCUT2D eigenvalue weighted by Gasteiger charge is 2.50. The van der Waals surface area contributed by atoms with Crippen LogP contribution in [0.2, 0.25) is 0 Å². The van der Waals surface area contributed by atoms with Crippen LogP contribution in [0.3, 0.4) is 0 Å². The lowest BCUT2D eigenvalue weighted by Crippen LogP contribution is -2.58. The molecular formula is C26H23NO3. The fourth-order valence-electron chi connectivity index (χ4n) is 5.07. The second-order valence-corrected chi connectivity index (χ2v) is 8.08. The molecule has 0 saturated carbocycles. The van der Waals surface area contributed by atoms with Gasteiger partial charge in [0.1, 0.15) is 0 Å². The van der Waals surface area contributed by atoms with Crippen LogP contribution in [0.15, 0.2) is 91.0 Å². The molecule has 2 saturated heterocycles. The highest BCUT2D eigenvalue weighted by molar-refractivity contribution is 5.91. The lowest BCUT2D eigenvalue weighted by atomic mass is 9.73. The first-order chi connectivity index (χ1) is 14.7. The average molecular weight is 397 g/mol. The summed E-state index contributed by atoms with van der Waals surface area (Å²) < 4.78 is 5.03. The van der Waals surface area contributed by atoms with Crippen LogP contribution in [0.25, 0.3) is 0 Å². The Morgan fingerprint density at radius 3 is 1.37 bits per heavy atom. The number of piperidine rings is 1. The van der Waals surface area contributed by atoms with Crippen LogP contribution >= 0.6 is 0 Å². The summed E-state index contributed by atoms with van der Waals surface area (Å²) >= 11 is 0. The molecule has 3 aromatic carbocycles. The monoisotopic (exact) mass is 397 g/mol. The van der Waals surface area contributed by atoms with Crippen molar-refractivity contribution >= 4 is 11.9 Å². The van der Waals surface area contributed by atoms with Gasteiger partial charge in [0.25, 0.3) is 0 Å². The molecule has 3 aromatic rings. The minimum Gasteiger partial charge on any atom is -0.393 e. The first kappa shape index (κ1) is 18.8. The molecule has 2 aliphatic heterocycles. The Bertz CT molecular complexity index is 931. The predicted octanol–water partition coefficient (Wildman–Crippen LogP) is 4.00. The highest BCUT2D eigenvalue weighted by atomic mass is 16.6. The molecule has 0 aromatic heterocycles. The lowest BCUT2D eigenvalue weighted by molar-refractivity contribution is -0.178. The highest BCUT2D eigenvalue weighted by Crippen LogP contribution is 2.45. The van der Waals surface area contributed by atoms with Crippen molar-refractivity contribution in [2.24, 2.45) is 11.8 Å². The van der Waals surface area contributed by atoms with Crippen LogP contribution in [0.5, 0.6) is 0 Å². The van der Waals surface area contributed by atoms with E-state index in [1.165, 1.54) is 0 Å². The normalized spacial score (nSPS) is 21.9. The summed E-state index contributed by atoms with van der Waals surface area (Å²) in [7, 11) is 0. The van der Waals surface area contributed by atoms with E-state index in [2.05, 4.69) is 41.3 Å². The van der Waals surface area contributed by atoms with Crippen LogP contribution < -0.4 is 0 Å². The molecule has 2 bridgehead atoms.